The molecule has 0 saturated carbocycles. The van der Waals surface area contributed by atoms with Gasteiger partial charge in [0, 0.05) is 24.3 Å². The van der Waals surface area contributed by atoms with Crippen LogP contribution in [0.2, 0.25) is 0 Å². The van der Waals surface area contributed by atoms with E-state index in [0.29, 0.717) is 42.5 Å². The summed E-state index contributed by atoms with van der Waals surface area (Å²) < 4.78 is 70.6. The van der Waals surface area contributed by atoms with Gasteiger partial charge in [-0.1, -0.05) is 0 Å². The number of hydrogen-bond acceptors (Lipinski definition) is 22. The Labute approximate surface area is 360 Å². The van der Waals surface area contributed by atoms with Crippen molar-refractivity contribution in [3.05, 3.63) is 97.1 Å². The summed E-state index contributed by atoms with van der Waals surface area (Å²) >= 11 is 0. The molecule has 0 unspecified atom stereocenters. The summed E-state index contributed by atoms with van der Waals surface area (Å²) in [5.41, 5.74) is -6.39. The van der Waals surface area contributed by atoms with Gasteiger partial charge < -0.3 is 29.5 Å². The van der Waals surface area contributed by atoms with Crippen LogP contribution in [0, 0.1) is 30.3 Å². The Morgan fingerprint density at radius 2 is 0.982 bits per heavy atom. The van der Waals surface area contributed by atoms with Crippen LogP contribution in [-0.2, 0) is 20.2 Å². The molecule has 0 heterocycles. The van der Waals surface area contributed by atoms with E-state index >= 15 is 0 Å². The molecule has 5 aromatic rings. The Bertz CT molecular complexity index is 2800. The molecule has 5 aromatic carbocycles. The Morgan fingerprint density at radius 3 is 1.46 bits per heavy atom. The molecule has 0 aliphatic carbocycles. The molecule has 0 atom stereocenters. The summed E-state index contributed by atoms with van der Waals surface area (Å²) in [4.78, 5) is 28.7. The molecule has 0 bridgehead atoms. The Hall–Kier alpha value is -5.62. The first-order chi connectivity index (χ1) is 25.6. The predicted octanol–water partition coefficient (Wildman–Crippen LogP) is 0.449. The summed E-state index contributed by atoms with van der Waals surface area (Å²) in [7, 11) is -10.5. The van der Waals surface area contributed by atoms with Crippen LogP contribution in [0.1, 0.15) is 0 Å². The molecule has 282 valence electrons. The molecule has 0 amide bonds. The normalized spacial score (nSPS) is 11.8. The van der Waals surface area contributed by atoms with Gasteiger partial charge >= 0.3 is 64.8 Å². The van der Waals surface area contributed by atoms with E-state index < -0.39 is 118 Å². The van der Waals surface area contributed by atoms with Gasteiger partial charge in [0.2, 0.25) is 5.75 Å². The second-order valence-electron chi connectivity index (χ2n) is 10.6. The van der Waals surface area contributed by atoms with E-state index in [0.717, 1.165) is 24.3 Å². The van der Waals surface area contributed by atoms with Gasteiger partial charge in [-0.05, 0) is 41.8 Å². The standard InChI is InChI=1S/C28H17N9O16S2.2Na/c38-23-10-17(55(51,52)53)6-12-5-16(54(48,49)50)9-18(24(12)23)30-32-20-11-21(33-31-19-7-15(36(44)45)8-22(26(19)39)37(46)47)28(41)25(27(20)40)34-29-13-1-3-14(4-2-13)35(42)43;;/h1-11,38-41H,(H,48,49,50)(H,51,52,53);;/q;2*+1/p-2. The molecule has 0 spiro atoms. The molecule has 29 heteroatoms. The summed E-state index contributed by atoms with van der Waals surface area (Å²) in [6.07, 6.45) is 0. The first-order valence-electron chi connectivity index (χ1n) is 14.1. The van der Waals surface area contributed by atoms with Crippen molar-refractivity contribution in [2.24, 2.45) is 30.7 Å². The van der Waals surface area contributed by atoms with Crippen molar-refractivity contribution in [2.75, 3.05) is 0 Å². The van der Waals surface area contributed by atoms with Crippen molar-refractivity contribution >= 4 is 82.2 Å². The van der Waals surface area contributed by atoms with Crippen LogP contribution in [0.5, 0.6) is 23.0 Å². The maximum absolute atomic E-state index is 11.9. The molecule has 5 rings (SSSR count). The van der Waals surface area contributed by atoms with Crippen LogP contribution in [-0.4, -0.2) is 61.1 Å². The number of hydrogen-bond donors (Lipinski definition) is 4. The number of nitro groups is 3. The average Bonchev–Trinajstić information content (AvgIpc) is 3.10. The van der Waals surface area contributed by atoms with E-state index in [1.165, 1.54) is 0 Å². The molecule has 0 saturated heterocycles. The van der Waals surface area contributed by atoms with Gasteiger partial charge in [0.05, 0.1) is 47.4 Å². The quantitative estimate of drug-likeness (QED) is 0.0461. The molecule has 25 nitrogen and oxygen atoms in total. The number of phenolic OH excluding ortho intramolecular Hbond substituents is 4. The van der Waals surface area contributed by atoms with Gasteiger partial charge in [-0.2, -0.15) is 5.11 Å². The number of azo groups is 3. The molecule has 57 heavy (non-hydrogen) atoms. The zero-order chi connectivity index (χ0) is 40.6. The number of fused-ring (bicyclic) bond motifs is 1. The number of aromatic hydroxyl groups is 4. The van der Waals surface area contributed by atoms with Crippen LogP contribution in [0.25, 0.3) is 10.8 Å². The number of phenols is 4. The molecular weight excluding hydrogens is 828 g/mol. The first-order valence-corrected chi connectivity index (χ1v) is 16.9. The summed E-state index contributed by atoms with van der Waals surface area (Å²) in [6.45, 7) is 0. The minimum atomic E-state index is -5.32. The second kappa shape index (κ2) is 17.7. The number of non-ortho nitro benzene ring substituents is 2. The van der Waals surface area contributed by atoms with Gasteiger partial charge in [0.1, 0.15) is 43.0 Å². The molecular formula is C28H15N9Na2O16S2. The monoisotopic (exact) mass is 843 g/mol. The minimum Gasteiger partial charge on any atom is -0.744 e. The third-order valence-corrected chi connectivity index (χ3v) is 8.68. The van der Waals surface area contributed by atoms with E-state index in [-0.39, 0.29) is 70.5 Å². The average molecular weight is 844 g/mol. The predicted molar refractivity (Wildman–Crippen MR) is 178 cm³/mol. The van der Waals surface area contributed by atoms with Crippen LogP contribution in [0.15, 0.2) is 107 Å². The van der Waals surface area contributed by atoms with E-state index in [2.05, 4.69) is 30.7 Å². The van der Waals surface area contributed by atoms with Crippen LogP contribution >= 0.6 is 0 Å². The van der Waals surface area contributed by atoms with Crippen molar-refractivity contribution in [3.63, 3.8) is 0 Å². The van der Waals surface area contributed by atoms with E-state index in [1.807, 2.05) is 0 Å². The zero-order valence-electron chi connectivity index (χ0n) is 28.4. The molecule has 0 aliphatic rings. The third kappa shape index (κ3) is 10.2. The van der Waals surface area contributed by atoms with Gasteiger partial charge in [0.25, 0.3) is 11.4 Å². The fourth-order valence-electron chi connectivity index (χ4n) is 4.53. The van der Waals surface area contributed by atoms with Gasteiger partial charge in [-0.25, -0.2) is 16.8 Å². The van der Waals surface area contributed by atoms with Crippen molar-refractivity contribution in [2.45, 2.75) is 9.79 Å². The fraction of sp³-hybridized carbons (Fsp3) is 0. The molecule has 0 radical (unpaired) electrons. The zero-order valence-corrected chi connectivity index (χ0v) is 34.0. The Balaban J connectivity index is 0.00000435. The van der Waals surface area contributed by atoms with Crippen LogP contribution in [0.3, 0.4) is 0 Å². The van der Waals surface area contributed by atoms with Gasteiger partial charge in [-0.15, -0.1) is 25.6 Å². The van der Waals surface area contributed by atoms with Crippen LogP contribution in [0.4, 0.5) is 51.2 Å². The van der Waals surface area contributed by atoms with Gasteiger partial charge in [-0.3, -0.25) is 30.3 Å². The van der Waals surface area contributed by atoms with Crippen molar-refractivity contribution in [1.82, 2.24) is 0 Å². The summed E-state index contributed by atoms with van der Waals surface area (Å²) in [5, 5.41) is 97.8. The molecule has 4 N–H and O–H groups in total. The topological polar surface area (TPSA) is 399 Å². The molecule has 0 aliphatic heterocycles. The summed E-state index contributed by atoms with van der Waals surface area (Å²) in [6, 6.07) is 8.37. The third-order valence-electron chi connectivity index (χ3n) is 7.06. The largest absolute Gasteiger partial charge is 1.00 e. The Kier molecular flexibility index (Phi) is 14.2. The molecule has 0 fully saturated rings. The molecule has 0 aromatic heterocycles. The number of rotatable bonds is 11. The maximum atomic E-state index is 11.9. The van der Waals surface area contributed by atoms with Crippen molar-refractivity contribution in [3.8, 4) is 23.0 Å². The number of benzene rings is 5. The summed E-state index contributed by atoms with van der Waals surface area (Å²) in [5.74, 6) is -4.29. The number of nitrogens with zero attached hydrogens (tertiary/aromatic N) is 9. The Morgan fingerprint density at radius 1 is 0.509 bits per heavy atom. The minimum absolute atomic E-state index is 0. The first kappa shape index (κ1) is 45.8. The van der Waals surface area contributed by atoms with Gasteiger partial charge in [0.15, 0.2) is 17.2 Å². The van der Waals surface area contributed by atoms with E-state index in [4.69, 9.17) is 0 Å². The smallest absolute Gasteiger partial charge is 0.744 e. The van der Waals surface area contributed by atoms with Crippen molar-refractivity contribution in [1.29, 1.82) is 0 Å². The van der Waals surface area contributed by atoms with E-state index in [9.17, 15) is 76.7 Å². The van der Waals surface area contributed by atoms with Crippen molar-refractivity contribution < 1.29 is 120 Å². The SMILES string of the molecule is O=[N+]([O-])c1ccc(N=Nc2c(O)c(N=Nc3cc([N+](=O)[O-])cc([N+](=O)[O-])c3O)cc(N=Nc3cc(S(=O)(=O)[O-])cc4cc(S(=O)(=O)[O-])cc(O)c34)c2O)cc1.[Na+].[Na+]. The van der Waals surface area contributed by atoms with Crippen LogP contribution < -0.4 is 59.1 Å². The maximum Gasteiger partial charge on any atom is 1.00 e. The van der Waals surface area contributed by atoms with E-state index in [1.54, 1.807) is 0 Å². The number of nitro benzene ring substituents is 3. The second-order valence-corrected chi connectivity index (χ2v) is 13.3. The fourth-order valence-corrected chi connectivity index (χ4v) is 5.58.